The van der Waals surface area contributed by atoms with Crippen LogP contribution in [0.4, 0.5) is 0 Å². The zero-order valence-corrected chi connectivity index (χ0v) is 10.7. The van der Waals surface area contributed by atoms with Crippen LogP contribution in [0.3, 0.4) is 0 Å². The summed E-state index contributed by atoms with van der Waals surface area (Å²) < 4.78 is 5.45. The van der Waals surface area contributed by atoms with Crippen molar-refractivity contribution in [2.24, 2.45) is 0 Å². The number of hydrogen-bond donors (Lipinski definition) is 1. The zero-order chi connectivity index (χ0) is 12.8. The van der Waals surface area contributed by atoms with Crippen LogP contribution >= 0.6 is 0 Å². The molecule has 1 aromatic carbocycles. The minimum absolute atomic E-state index is 0.0152. The highest BCUT2D eigenvalue weighted by Gasteiger charge is 2.18. The van der Waals surface area contributed by atoms with Gasteiger partial charge in [-0.15, -0.1) is 0 Å². The Hall–Kier alpha value is -1.61. The molecule has 0 unspecified atom stereocenters. The van der Waals surface area contributed by atoms with Gasteiger partial charge < -0.3 is 10.1 Å². The smallest absolute Gasteiger partial charge is 0.227 e. The van der Waals surface area contributed by atoms with Crippen LogP contribution in [-0.2, 0) is 11.2 Å². The Kier molecular flexibility index (Phi) is 4.53. The van der Waals surface area contributed by atoms with Gasteiger partial charge in [-0.2, -0.15) is 0 Å². The molecule has 0 spiro atoms. The van der Waals surface area contributed by atoms with E-state index in [9.17, 15) is 4.79 Å². The first-order chi connectivity index (χ1) is 8.83. The second kappa shape index (κ2) is 6.36. The van der Waals surface area contributed by atoms with Crippen LogP contribution in [-0.4, -0.2) is 26.0 Å². The van der Waals surface area contributed by atoms with Gasteiger partial charge in [0.1, 0.15) is 0 Å². The first-order valence-electron chi connectivity index (χ1n) is 6.43. The Morgan fingerprint density at radius 2 is 2.22 bits per heavy atom. The van der Waals surface area contributed by atoms with Gasteiger partial charge in [0.15, 0.2) is 5.76 Å². The van der Waals surface area contributed by atoms with Crippen molar-refractivity contribution in [1.29, 1.82) is 0 Å². The molecule has 0 aliphatic carbocycles. The highest BCUT2D eigenvalue weighted by molar-refractivity contribution is 6.08. The molecule has 96 valence electrons. The quantitative estimate of drug-likeness (QED) is 0.809. The summed E-state index contributed by atoms with van der Waals surface area (Å²) in [7, 11) is 1.91. The lowest BCUT2D eigenvalue weighted by atomic mass is 9.99. The zero-order valence-electron chi connectivity index (χ0n) is 10.7. The molecule has 0 aromatic heterocycles. The summed E-state index contributed by atoms with van der Waals surface area (Å²) in [5.41, 5.74) is 1.84. The Morgan fingerprint density at radius 3 is 2.94 bits per heavy atom. The summed E-state index contributed by atoms with van der Waals surface area (Å²) in [6.07, 6.45) is 4.68. The van der Waals surface area contributed by atoms with Crippen LogP contribution in [0.25, 0.3) is 0 Å². The highest BCUT2D eigenvalue weighted by Crippen LogP contribution is 2.18. The van der Waals surface area contributed by atoms with Crippen molar-refractivity contribution in [3.05, 3.63) is 47.2 Å². The molecule has 1 aromatic rings. The van der Waals surface area contributed by atoms with Crippen molar-refractivity contribution in [3.63, 3.8) is 0 Å². The van der Waals surface area contributed by atoms with E-state index in [1.54, 1.807) is 0 Å². The van der Waals surface area contributed by atoms with Crippen LogP contribution in [0.1, 0.15) is 28.8 Å². The maximum Gasteiger partial charge on any atom is 0.227 e. The van der Waals surface area contributed by atoms with E-state index in [1.165, 1.54) is 0 Å². The molecule has 0 amide bonds. The predicted molar refractivity (Wildman–Crippen MR) is 71.7 cm³/mol. The van der Waals surface area contributed by atoms with Crippen LogP contribution in [0.15, 0.2) is 36.1 Å². The van der Waals surface area contributed by atoms with Crippen molar-refractivity contribution in [1.82, 2.24) is 5.32 Å². The first kappa shape index (κ1) is 12.8. The lowest BCUT2D eigenvalue weighted by molar-refractivity contribution is 0.0898. The second-order valence-electron chi connectivity index (χ2n) is 4.40. The molecular formula is C15H19NO2. The Bertz CT molecular complexity index is 452. The average molecular weight is 245 g/mol. The molecule has 1 aliphatic rings. The Morgan fingerprint density at radius 1 is 1.39 bits per heavy atom. The van der Waals surface area contributed by atoms with Gasteiger partial charge >= 0.3 is 0 Å². The molecule has 0 atom stereocenters. The number of nitrogens with one attached hydrogen (secondary N) is 1. The van der Waals surface area contributed by atoms with E-state index in [0.29, 0.717) is 12.4 Å². The number of carbonyl (C=O) groups is 1. The molecule has 2 rings (SSSR count). The van der Waals surface area contributed by atoms with Crippen LogP contribution in [0, 0.1) is 0 Å². The van der Waals surface area contributed by atoms with Gasteiger partial charge in [-0.05, 0) is 44.5 Å². The third-order valence-corrected chi connectivity index (χ3v) is 3.07. The van der Waals surface area contributed by atoms with Gasteiger partial charge in [0, 0.05) is 5.56 Å². The van der Waals surface area contributed by atoms with Crippen LogP contribution < -0.4 is 5.32 Å². The van der Waals surface area contributed by atoms with Crippen molar-refractivity contribution < 1.29 is 9.53 Å². The fraction of sp³-hybridized carbons (Fsp3) is 0.400. The topological polar surface area (TPSA) is 38.3 Å². The van der Waals surface area contributed by atoms with Gasteiger partial charge in [-0.1, -0.05) is 24.3 Å². The van der Waals surface area contributed by atoms with Gasteiger partial charge in [0.2, 0.25) is 5.78 Å². The molecule has 3 nitrogen and oxygen atoms in total. The van der Waals surface area contributed by atoms with E-state index in [1.807, 2.05) is 37.4 Å². The van der Waals surface area contributed by atoms with Gasteiger partial charge in [0.05, 0.1) is 6.61 Å². The van der Waals surface area contributed by atoms with Crippen molar-refractivity contribution >= 4 is 5.78 Å². The van der Waals surface area contributed by atoms with E-state index in [-0.39, 0.29) is 5.78 Å². The molecule has 3 heteroatoms. The third-order valence-electron chi connectivity index (χ3n) is 3.07. The normalized spacial score (nSPS) is 14.8. The minimum atomic E-state index is 0.0152. The average Bonchev–Trinajstić information content (AvgIpc) is 2.45. The van der Waals surface area contributed by atoms with Crippen molar-refractivity contribution in [3.8, 4) is 0 Å². The highest BCUT2D eigenvalue weighted by atomic mass is 16.5. The molecule has 0 radical (unpaired) electrons. The fourth-order valence-electron chi connectivity index (χ4n) is 2.07. The Labute approximate surface area is 108 Å². The molecule has 1 aliphatic heterocycles. The first-order valence-corrected chi connectivity index (χ1v) is 6.43. The number of Topliss-reactive ketones (excluding diaryl/α,β-unsaturated/α-hetero) is 1. The van der Waals surface area contributed by atoms with Crippen LogP contribution in [0.2, 0.25) is 0 Å². The number of hydrogen-bond acceptors (Lipinski definition) is 3. The monoisotopic (exact) mass is 245 g/mol. The SMILES string of the molecule is CNCCc1ccccc1C(=O)C1=CCCCO1. The number of ketones is 1. The third kappa shape index (κ3) is 2.99. The molecule has 0 saturated carbocycles. The number of rotatable bonds is 5. The fourth-order valence-corrected chi connectivity index (χ4v) is 2.07. The number of ether oxygens (including phenoxy) is 1. The summed E-state index contributed by atoms with van der Waals surface area (Å²) in [6.45, 7) is 1.51. The van der Waals surface area contributed by atoms with Crippen molar-refractivity contribution in [2.45, 2.75) is 19.3 Å². The number of allylic oxidation sites excluding steroid dienone is 2. The standard InChI is InChI=1S/C15H19NO2/c1-16-10-9-12-6-2-3-7-13(12)15(17)14-8-4-5-11-18-14/h2-3,6-8,16H,4-5,9-11H2,1H3. The lowest BCUT2D eigenvalue weighted by Gasteiger charge is -2.15. The molecule has 0 fully saturated rings. The van der Waals surface area contributed by atoms with E-state index in [0.717, 1.165) is 36.9 Å². The molecule has 1 heterocycles. The summed E-state index contributed by atoms with van der Waals surface area (Å²) in [5, 5.41) is 3.10. The predicted octanol–water partition coefficient (Wildman–Crippen LogP) is 2.33. The number of likely N-dealkylation sites (N-methyl/N-ethyl adjacent to an activating group) is 1. The van der Waals surface area contributed by atoms with E-state index in [4.69, 9.17) is 4.74 Å². The summed E-state index contributed by atoms with van der Waals surface area (Å²) in [4.78, 5) is 12.4. The summed E-state index contributed by atoms with van der Waals surface area (Å²) in [6, 6.07) is 7.76. The molecule has 0 bridgehead atoms. The van der Waals surface area contributed by atoms with Gasteiger partial charge in [-0.3, -0.25) is 4.79 Å². The molecule has 1 N–H and O–H groups in total. The summed E-state index contributed by atoms with van der Waals surface area (Å²) in [5.74, 6) is 0.527. The van der Waals surface area contributed by atoms with E-state index < -0.39 is 0 Å². The number of carbonyl (C=O) groups excluding carboxylic acids is 1. The lowest BCUT2D eigenvalue weighted by Crippen LogP contribution is -2.16. The summed E-state index contributed by atoms with van der Waals surface area (Å²) >= 11 is 0. The van der Waals surface area contributed by atoms with Gasteiger partial charge in [0.25, 0.3) is 0 Å². The van der Waals surface area contributed by atoms with Gasteiger partial charge in [-0.25, -0.2) is 0 Å². The molecular weight excluding hydrogens is 226 g/mol. The second-order valence-corrected chi connectivity index (χ2v) is 4.40. The van der Waals surface area contributed by atoms with E-state index >= 15 is 0 Å². The maximum atomic E-state index is 12.4. The maximum absolute atomic E-state index is 12.4. The largest absolute Gasteiger partial charge is 0.490 e. The van der Waals surface area contributed by atoms with Crippen molar-refractivity contribution in [2.75, 3.05) is 20.2 Å². The van der Waals surface area contributed by atoms with E-state index in [2.05, 4.69) is 5.32 Å². The van der Waals surface area contributed by atoms with Crippen LogP contribution in [0.5, 0.6) is 0 Å². The molecule has 0 saturated heterocycles. The minimum Gasteiger partial charge on any atom is -0.490 e. The Balaban J connectivity index is 2.21. The molecule has 18 heavy (non-hydrogen) atoms. The number of benzene rings is 1.